The third-order valence-corrected chi connectivity index (χ3v) is 4.82. The Morgan fingerprint density at radius 1 is 0.920 bits per heavy atom. The molecule has 0 atom stereocenters. The number of benzene rings is 2. The van der Waals surface area contributed by atoms with Gasteiger partial charge < -0.3 is 10.2 Å². The number of nitrogens with zero attached hydrogens (tertiary/aromatic N) is 1. The topological polar surface area (TPSA) is 77.8 Å². The molecule has 5 nitrogen and oxygen atoms in total. The molecule has 1 aliphatic rings. The van der Waals surface area contributed by atoms with Crippen LogP contribution in [0.25, 0.3) is 0 Å². The zero-order valence-corrected chi connectivity index (χ0v) is 13.9. The maximum Gasteiger partial charge on any atom is 0.336 e. The zero-order chi connectivity index (χ0) is 17.8. The summed E-state index contributed by atoms with van der Waals surface area (Å²) in [6, 6.07) is 15.0. The summed E-state index contributed by atoms with van der Waals surface area (Å²) < 4.78 is 0. The normalized spacial score (nSPS) is 15.8. The molecule has 130 valence electrons. The molecule has 5 heteroatoms. The average molecular weight is 339 g/mol. The number of aromatic carboxylic acids is 2. The Morgan fingerprint density at radius 3 is 2.20 bits per heavy atom. The molecule has 25 heavy (non-hydrogen) atoms. The summed E-state index contributed by atoms with van der Waals surface area (Å²) in [4.78, 5) is 25.3. The lowest BCUT2D eigenvalue weighted by atomic mass is 9.84. The molecule has 2 aromatic carbocycles. The molecule has 0 aromatic heterocycles. The first-order chi connectivity index (χ1) is 12.1. The van der Waals surface area contributed by atoms with Crippen molar-refractivity contribution in [3.05, 3.63) is 70.8 Å². The fraction of sp³-hybridized carbons (Fsp3) is 0.300. The molecule has 2 aromatic rings. The van der Waals surface area contributed by atoms with Crippen LogP contribution in [0, 0.1) is 0 Å². The maximum absolute atomic E-state index is 11.6. The highest BCUT2D eigenvalue weighted by molar-refractivity contribution is 6.02. The molecule has 0 spiro atoms. The summed E-state index contributed by atoms with van der Waals surface area (Å²) in [6.07, 6.45) is 1.66. The van der Waals surface area contributed by atoms with Gasteiger partial charge in [0.15, 0.2) is 0 Å². The van der Waals surface area contributed by atoms with Crippen LogP contribution in [0.15, 0.2) is 48.5 Å². The van der Waals surface area contributed by atoms with Crippen LogP contribution in [0.1, 0.15) is 50.6 Å². The van der Waals surface area contributed by atoms with Crippen LogP contribution in [-0.4, -0.2) is 40.1 Å². The van der Waals surface area contributed by atoms with Crippen molar-refractivity contribution < 1.29 is 19.8 Å². The van der Waals surface area contributed by atoms with Gasteiger partial charge in [0.2, 0.25) is 0 Å². The molecule has 1 saturated heterocycles. The highest BCUT2D eigenvalue weighted by Crippen LogP contribution is 2.32. The van der Waals surface area contributed by atoms with Gasteiger partial charge in [-0.05, 0) is 49.0 Å². The van der Waals surface area contributed by atoms with E-state index in [0.29, 0.717) is 5.56 Å². The molecule has 0 unspecified atom stereocenters. The number of likely N-dealkylation sites (tertiary alicyclic amines) is 1. The van der Waals surface area contributed by atoms with Gasteiger partial charge in [0.1, 0.15) is 0 Å². The van der Waals surface area contributed by atoms with Gasteiger partial charge in [-0.1, -0.05) is 42.5 Å². The van der Waals surface area contributed by atoms with Gasteiger partial charge in [0.05, 0.1) is 11.1 Å². The number of rotatable bonds is 5. The van der Waals surface area contributed by atoms with Crippen molar-refractivity contribution >= 4 is 11.9 Å². The SMILES string of the molecule is O=C(O)c1cccc(C2CCN(Cc3ccccc3)CC2)c1C(=O)O. The van der Waals surface area contributed by atoms with E-state index in [4.69, 9.17) is 0 Å². The van der Waals surface area contributed by atoms with Gasteiger partial charge in [-0.25, -0.2) is 9.59 Å². The summed E-state index contributed by atoms with van der Waals surface area (Å²) >= 11 is 0. The number of carbonyl (C=O) groups is 2. The lowest BCUT2D eigenvalue weighted by Gasteiger charge is -2.33. The second-order valence-electron chi connectivity index (χ2n) is 6.42. The average Bonchev–Trinajstić information content (AvgIpc) is 2.62. The van der Waals surface area contributed by atoms with Crippen molar-refractivity contribution in [3.8, 4) is 0 Å². The second-order valence-corrected chi connectivity index (χ2v) is 6.42. The van der Waals surface area contributed by atoms with Crippen LogP contribution in [0.2, 0.25) is 0 Å². The van der Waals surface area contributed by atoms with E-state index in [-0.39, 0.29) is 17.0 Å². The number of carboxylic acid groups (broad SMARTS) is 2. The molecular formula is C20H21NO4. The van der Waals surface area contributed by atoms with Crippen molar-refractivity contribution in [1.82, 2.24) is 4.90 Å². The predicted octanol–water partition coefficient (Wildman–Crippen LogP) is 3.46. The van der Waals surface area contributed by atoms with Gasteiger partial charge in [-0.3, -0.25) is 4.90 Å². The second kappa shape index (κ2) is 7.49. The Kier molecular flexibility index (Phi) is 5.14. The van der Waals surface area contributed by atoms with Crippen LogP contribution in [0.5, 0.6) is 0 Å². The van der Waals surface area contributed by atoms with E-state index in [1.165, 1.54) is 11.6 Å². The van der Waals surface area contributed by atoms with Crippen LogP contribution in [0.3, 0.4) is 0 Å². The van der Waals surface area contributed by atoms with E-state index >= 15 is 0 Å². The summed E-state index contributed by atoms with van der Waals surface area (Å²) in [5.41, 5.74) is 1.72. The highest BCUT2D eigenvalue weighted by Gasteiger charge is 2.27. The van der Waals surface area contributed by atoms with Crippen molar-refractivity contribution in [2.24, 2.45) is 0 Å². The number of hydrogen-bond acceptors (Lipinski definition) is 3. The van der Waals surface area contributed by atoms with Gasteiger partial charge >= 0.3 is 11.9 Å². The molecule has 2 N–H and O–H groups in total. The van der Waals surface area contributed by atoms with E-state index in [0.717, 1.165) is 32.5 Å². The Morgan fingerprint density at radius 2 is 1.60 bits per heavy atom. The minimum Gasteiger partial charge on any atom is -0.478 e. The van der Waals surface area contributed by atoms with E-state index < -0.39 is 11.9 Å². The lowest BCUT2D eigenvalue weighted by molar-refractivity contribution is 0.0649. The fourth-order valence-corrected chi connectivity index (χ4v) is 3.57. The molecule has 0 aliphatic carbocycles. The minimum atomic E-state index is -1.19. The molecule has 3 rings (SSSR count). The summed E-state index contributed by atoms with van der Waals surface area (Å²) in [6.45, 7) is 2.63. The van der Waals surface area contributed by atoms with Crippen LogP contribution in [-0.2, 0) is 6.54 Å². The largest absolute Gasteiger partial charge is 0.478 e. The zero-order valence-electron chi connectivity index (χ0n) is 13.9. The fourth-order valence-electron chi connectivity index (χ4n) is 3.57. The Labute approximate surface area is 146 Å². The van der Waals surface area contributed by atoms with Crippen molar-refractivity contribution in [2.45, 2.75) is 25.3 Å². The van der Waals surface area contributed by atoms with Gasteiger partial charge in [-0.15, -0.1) is 0 Å². The molecule has 1 aliphatic heterocycles. The predicted molar refractivity (Wildman–Crippen MR) is 94.1 cm³/mol. The van der Waals surface area contributed by atoms with Crippen molar-refractivity contribution in [3.63, 3.8) is 0 Å². The lowest BCUT2D eigenvalue weighted by Crippen LogP contribution is -2.33. The molecular weight excluding hydrogens is 318 g/mol. The third-order valence-electron chi connectivity index (χ3n) is 4.82. The molecule has 1 fully saturated rings. The first-order valence-corrected chi connectivity index (χ1v) is 8.42. The quantitative estimate of drug-likeness (QED) is 0.872. The summed E-state index contributed by atoms with van der Waals surface area (Å²) in [5, 5.41) is 18.8. The number of hydrogen-bond donors (Lipinski definition) is 2. The molecule has 0 bridgehead atoms. The molecule has 0 radical (unpaired) electrons. The smallest absolute Gasteiger partial charge is 0.336 e. The Balaban J connectivity index is 1.74. The molecule has 0 saturated carbocycles. The summed E-state index contributed by atoms with van der Waals surface area (Å²) in [5.74, 6) is -2.28. The molecule has 1 heterocycles. The number of carboxylic acids is 2. The van der Waals surface area contributed by atoms with Crippen LogP contribution < -0.4 is 0 Å². The van der Waals surface area contributed by atoms with Gasteiger partial charge in [0.25, 0.3) is 0 Å². The monoisotopic (exact) mass is 339 g/mol. The van der Waals surface area contributed by atoms with E-state index in [1.807, 2.05) is 18.2 Å². The molecule has 0 amide bonds. The Bertz CT molecular complexity index is 765. The van der Waals surface area contributed by atoms with E-state index in [1.54, 1.807) is 12.1 Å². The first kappa shape index (κ1) is 17.2. The van der Waals surface area contributed by atoms with Gasteiger partial charge in [-0.2, -0.15) is 0 Å². The van der Waals surface area contributed by atoms with E-state index in [2.05, 4.69) is 17.0 Å². The minimum absolute atomic E-state index is 0.0588. The standard InChI is InChI=1S/C20H21NO4/c22-19(23)17-8-4-7-16(18(17)20(24)25)15-9-11-21(12-10-15)13-14-5-2-1-3-6-14/h1-8,15H,9-13H2,(H,22,23)(H,24,25). The van der Waals surface area contributed by atoms with Crippen molar-refractivity contribution in [2.75, 3.05) is 13.1 Å². The van der Waals surface area contributed by atoms with Crippen LogP contribution in [0.4, 0.5) is 0 Å². The van der Waals surface area contributed by atoms with E-state index in [9.17, 15) is 19.8 Å². The highest BCUT2D eigenvalue weighted by atomic mass is 16.4. The van der Waals surface area contributed by atoms with Crippen molar-refractivity contribution in [1.29, 1.82) is 0 Å². The van der Waals surface area contributed by atoms with Crippen LogP contribution >= 0.6 is 0 Å². The maximum atomic E-state index is 11.6. The first-order valence-electron chi connectivity index (χ1n) is 8.42. The summed E-state index contributed by atoms with van der Waals surface area (Å²) in [7, 11) is 0. The van der Waals surface area contributed by atoms with Gasteiger partial charge in [0, 0.05) is 6.54 Å². The third kappa shape index (κ3) is 3.88. The Hall–Kier alpha value is -2.66. The number of piperidine rings is 1.